The van der Waals surface area contributed by atoms with Gasteiger partial charge in [-0.1, -0.05) is 12.1 Å². The number of aromatic nitrogens is 3. The van der Waals surface area contributed by atoms with E-state index in [1.165, 1.54) is 0 Å². The molecule has 27 heavy (non-hydrogen) atoms. The van der Waals surface area contributed by atoms with Crippen molar-refractivity contribution in [1.82, 2.24) is 14.5 Å². The second-order valence-electron chi connectivity index (χ2n) is 6.27. The van der Waals surface area contributed by atoms with Crippen molar-refractivity contribution in [2.45, 2.75) is 6.92 Å². The topological polar surface area (TPSA) is 98.3 Å². The third-order valence-corrected chi connectivity index (χ3v) is 4.59. The lowest BCUT2D eigenvalue weighted by Gasteiger charge is -2.11. The third kappa shape index (κ3) is 2.73. The second kappa shape index (κ2) is 6.28. The Hall–Kier alpha value is -3.61. The summed E-state index contributed by atoms with van der Waals surface area (Å²) >= 11 is 0. The lowest BCUT2D eigenvalue weighted by atomic mass is 10.2. The van der Waals surface area contributed by atoms with Gasteiger partial charge in [0.1, 0.15) is 34.5 Å². The predicted octanol–water partition coefficient (Wildman–Crippen LogP) is 3.63. The van der Waals surface area contributed by atoms with Gasteiger partial charge in [0.05, 0.1) is 37.1 Å². The van der Waals surface area contributed by atoms with Gasteiger partial charge in [-0.15, -0.1) is 0 Å². The van der Waals surface area contributed by atoms with Crippen molar-refractivity contribution in [3.8, 4) is 34.3 Å². The number of aromatic hydroxyl groups is 1. The van der Waals surface area contributed by atoms with E-state index in [1.54, 1.807) is 31.0 Å². The minimum absolute atomic E-state index is 0.0333. The largest absolute Gasteiger partial charge is 0.505 e. The molecule has 4 N–H and O–H groups in total. The molecule has 0 saturated heterocycles. The van der Waals surface area contributed by atoms with Gasteiger partial charge in [-0.05, 0) is 18.6 Å². The van der Waals surface area contributed by atoms with E-state index in [4.69, 9.17) is 15.2 Å². The van der Waals surface area contributed by atoms with Gasteiger partial charge in [0.15, 0.2) is 0 Å². The molecule has 4 aromatic rings. The van der Waals surface area contributed by atoms with Crippen LogP contribution in [-0.2, 0) is 0 Å². The van der Waals surface area contributed by atoms with Gasteiger partial charge in [0, 0.05) is 18.2 Å². The first-order valence-corrected chi connectivity index (χ1v) is 8.40. The zero-order valence-corrected chi connectivity index (χ0v) is 15.3. The second-order valence-corrected chi connectivity index (χ2v) is 6.27. The van der Waals surface area contributed by atoms with Crippen molar-refractivity contribution in [3.05, 3.63) is 48.2 Å². The van der Waals surface area contributed by atoms with E-state index in [2.05, 4.69) is 9.97 Å². The van der Waals surface area contributed by atoms with E-state index in [0.29, 0.717) is 34.4 Å². The average molecular weight is 364 g/mol. The fourth-order valence-electron chi connectivity index (χ4n) is 3.19. The van der Waals surface area contributed by atoms with E-state index in [-0.39, 0.29) is 5.75 Å². The molecule has 0 saturated carbocycles. The van der Waals surface area contributed by atoms with Crippen LogP contribution < -0.4 is 15.2 Å². The highest BCUT2D eigenvalue weighted by Gasteiger charge is 2.20. The first kappa shape index (κ1) is 16.8. The molecule has 0 spiro atoms. The molecule has 138 valence electrons. The number of methoxy groups -OCH3 is 2. The smallest absolute Gasteiger partial charge is 0.146 e. The summed E-state index contributed by atoms with van der Waals surface area (Å²) in [6.45, 7) is 1.99. The number of aryl methyl sites for hydroxylation is 1. The van der Waals surface area contributed by atoms with Crippen molar-refractivity contribution in [2.75, 3.05) is 20.0 Å². The number of imidazole rings is 1. The van der Waals surface area contributed by atoms with Gasteiger partial charge in [0.25, 0.3) is 0 Å². The number of nitrogens with one attached hydrogen (secondary N) is 1. The van der Waals surface area contributed by atoms with Crippen LogP contribution in [0.15, 0.2) is 42.6 Å². The minimum Gasteiger partial charge on any atom is -0.505 e. The molecule has 2 heterocycles. The number of benzene rings is 2. The summed E-state index contributed by atoms with van der Waals surface area (Å²) in [7, 11) is 3.16. The summed E-state index contributed by atoms with van der Waals surface area (Å²) in [4.78, 5) is 7.85. The number of nitrogens with zero attached hydrogens (tertiary/aromatic N) is 2. The lowest BCUT2D eigenvalue weighted by Crippen LogP contribution is -2.01. The minimum atomic E-state index is 0.0333. The van der Waals surface area contributed by atoms with Crippen molar-refractivity contribution in [3.63, 3.8) is 0 Å². The zero-order valence-electron chi connectivity index (χ0n) is 15.3. The molecule has 4 rings (SSSR count). The quantitative estimate of drug-likeness (QED) is 0.514. The summed E-state index contributed by atoms with van der Waals surface area (Å²) in [5.41, 5.74) is 10.3. The van der Waals surface area contributed by atoms with Gasteiger partial charge >= 0.3 is 0 Å². The number of ether oxygens (including phenoxy) is 2. The highest BCUT2D eigenvalue weighted by Crippen LogP contribution is 2.38. The SMILES string of the molecule is COc1cc(OC)cc(-n2cc(O)c(-c3nc4c(C)cccc4[nH]3)c2N)c1. The molecule has 2 aromatic heterocycles. The maximum atomic E-state index is 10.6. The van der Waals surface area contributed by atoms with Crippen molar-refractivity contribution >= 4 is 16.9 Å². The summed E-state index contributed by atoms with van der Waals surface area (Å²) in [5.74, 6) is 2.16. The van der Waals surface area contributed by atoms with Crippen LogP contribution >= 0.6 is 0 Å². The van der Waals surface area contributed by atoms with Gasteiger partial charge in [-0.25, -0.2) is 4.98 Å². The Kier molecular flexibility index (Phi) is 3.92. The molecule has 0 radical (unpaired) electrons. The Balaban J connectivity index is 1.88. The van der Waals surface area contributed by atoms with Gasteiger partial charge in [0.2, 0.25) is 0 Å². The Bertz CT molecular complexity index is 1120. The Morgan fingerprint density at radius 1 is 1.11 bits per heavy atom. The van der Waals surface area contributed by atoms with E-state index < -0.39 is 0 Å². The Morgan fingerprint density at radius 2 is 1.81 bits per heavy atom. The van der Waals surface area contributed by atoms with Gasteiger partial charge in [-0.3, -0.25) is 4.57 Å². The highest BCUT2D eigenvalue weighted by atomic mass is 16.5. The number of nitrogen functional groups attached to an aromatic ring is 1. The molecular formula is C20H20N4O3. The maximum absolute atomic E-state index is 10.6. The highest BCUT2D eigenvalue weighted by molar-refractivity contribution is 5.86. The normalized spacial score (nSPS) is 11.1. The summed E-state index contributed by atoms with van der Waals surface area (Å²) in [6, 6.07) is 11.3. The number of rotatable bonds is 4. The molecule has 0 aliphatic rings. The van der Waals surface area contributed by atoms with E-state index >= 15 is 0 Å². The van der Waals surface area contributed by atoms with Crippen molar-refractivity contribution in [2.24, 2.45) is 0 Å². The van der Waals surface area contributed by atoms with Crippen LogP contribution in [0.25, 0.3) is 28.1 Å². The van der Waals surface area contributed by atoms with Crippen LogP contribution in [0.4, 0.5) is 5.82 Å². The lowest BCUT2D eigenvalue weighted by molar-refractivity contribution is 0.394. The molecule has 0 unspecified atom stereocenters. The van der Waals surface area contributed by atoms with Crippen LogP contribution in [0.1, 0.15) is 5.56 Å². The van der Waals surface area contributed by atoms with E-state index in [9.17, 15) is 5.11 Å². The Morgan fingerprint density at radius 3 is 2.44 bits per heavy atom. The molecule has 7 heteroatoms. The molecule has 0 atom stereocenters. The number of hydrogen-bond donors (Lipinski definition) is 3. The number of hydrogen-bond acceptors (Lipinski definition) is 5. The fourth-order valence-corrected chi connectivity index (χ4v) is 3.19. The molecular weight excluding hydrogens is 344 g/mol. The molecule has 0 aliphatic heterocycles. The van der Waals surface area contributed by atoms with Crippen LogP contribution in [0.3, 0.4) is 0 Å². The number of H-pyrrole nitrogens is 1. The summed E-state index contributed by atoms with van der Waals surface area (Å²) < 4.78 is 12.3. The van der Waals surface area contributed by atoms with Crippen LogP contribution in [0.2, 0.25) is 0 Å². The number of aromatic amines is 1. The monoisotopic (exact) mass is 364 g/mol. The first-order valence-electron chi connectivity index (χ1n) is 8.40. The molecule has 7 nitrogen and oxygen atoms in total. The van der Waals surface area contributed by atoms with Gasteiger partial charge in [-0.2, -0.15) is 0 Å². The van der Waals surface area contributed by atoms with E-state index in [0.717, 1.165) is 16.6 Å². The zero-order chi connectivity index (χ0) is 19.1. The molecule has 0 bridgehead atoms. The third-order valence-electron chi connectivity index (χ3n) is 4.59. The Labute approximate surface area is 156 Å². The summed E-state index contributed by atoms with van der Waals surface area (Å²) in [5, 5.41) is 10.6. The predicted molar refractivity (Wildman–Crippen MR) is 105 cm³/mol. The average Bonchev–Trinajstić information content (AvgIpc) is 3.22. The number of para-hydroxylation sites is 1. The van der Waals surface area contributed by atoms with E-state index in [1.807, 2.05) is 37.3 Å². The number of nitrogens with two attached hydrogens (primary N) is 1. The summed E-state index contributed by atoms with van der Waals surface area (Å²) in [6.07, 6.45) is 1.55. The molecule has 0 amide bonds. The fraction of sp³-hybridized carbons (Fsp3) is 0.150. The molecule has 0 aliphatic carbocycles. The number of anilines is 1. The maximum Gasteiger partial charge on any atom is 0.146 e. The van der Waals surface area contributed by atoms with Crippen molar-refractivity contribution in [1.29, 1.82) is 0 Å². The standard InChI is InChI=1S/C20H20N4O3/c1-11-5-4-6-15-18(11)23-20(22-15)17-16(25)10-24(19(17)21)12-7-13(26-2)9-14(8-12)27-3/h4-10,25H,21H2,1-3H3,(H,22,23). The van der Waals surface area contributed by atoms with Gasteiger partial charge < -0.3 is 25.3 Å². The number of fused-ring (bicyclic) bond motifs is 1. The van der Waals surface area contributed by atoms with Crippen molar-refractivity contribution < 1.29 is 14.6 Å². The first-order chi connectivity index (χ1) is 13.0. The van der Waals surface area contributed by atoms with Crippen LogP contribution in [0.5, 0.6) is 17.2 Å². The molecule has 0 fully saturated rings. The van der Waals surface area contributed by atoms with Crippen LogP contribution in [0, 0.1) is 6.92 Å². The van der Waals surface area contributed by atoms with Crippen LogP contribution in [-0.4, -0.2) is 33.9 Å². The molecule has 2 aromatic carbocycles.